The molecule has 1 N–H and O–H groups in total. The molecule has 0 fully saturated rings. The summed E-state index contributed by atoms with van der Waals surface area (Å²) in [6.07, 6.45) is 5.62. The van der Waals surface area contributed by atoms with Gasteiger partial charge in [0.15, 0.2) is 0 Å². The monoisotopic (exact) mass is 270 g/mol. The van der Waals surface area contributed by atoms with Crippen LogP contribution in [0.1, 0.15) is 11.1 Å². The van der Waals surface area contributed by atoms with Gasteiger partial charge in [-0.3, -0.25) is 0 Å². The van der Waals surface area contributed by atoms with E-state index in [4.69, 9.17) is 11.6 Å². The molecule has 0 aromatic heterocycles. The molecule has 2 aromatic carbocycles. The number of hydrazone groups is 1. The third-order valence-corrected chi connectivity index (χ3v) is 2.94. The van der Waals surface area contributed by atoms with E-state index in [0.717, 1.165) is 16.1 Å². The molecule has 0 radical (unpaired) electrons. The number of rotatable bonds is 5. The van der Waals surface area contributed by atoms with Gasteiger partial charge in [-0.15, -0.1) is 0 Å². The van der Waals surface area contributed by atoms with E-state index in [1.165, 1.54) is 0 Å². The quantitative estimate of drug-likeness (QED) is 0.641. The van der Waals surface area contributed by atoms with E-state index in [-0.39, 0.29) is 0 Å². The zero-order chi connectivity index (χ0) is 13.3. The van der Waals surface area contributed by atoms with Gasteiger partial charge in [-0.1, -0.05) is 66.2 Å². The number of hydrogen-bond acceptors (Lipinski definition) is 2. The summed E-state index contributed by atoms with van der Waals surface area (Å²) in [6.45, 7) is 0.620. The molecule has 0 spiro atoms. The van der Waals surface area contributed by atoms with Crippen LogP contribution in [0.25, 0.3) is 6.08 Å². The summed E-state index contributed by atoms with van der Waals surface area (Å²) in [6, 6.07) is 17.8. The number of allylic oxidation sites excluding steroid dienone is 1. The van der Waals surface area contributed by atoms with Crippen molar-refractivity contribution in [3.8, 4) is 0 Å². The highest BCUT2D eigenvalue weighted by molar-refractivity contribution is 6.31. The Morgan fingerprint density at radius 1 is 1.00 bits per heavy atom. The Bertz CT molecular complexity index is 562. The number of hydrogen-bond donors (Lipinski definition) is 1. The maximum atomic E-state index is 6.04. The Hall–Kier alpha value is -2.06. The van der Waals surface area contributed by atoms with Crippen LogP contribution in [0.4, 0.5) is 0 Å². The Morgan fingerprint density at radius 2 is 1.74 bits per heavy atom. The van der Waals surface area contributed by atoms with Crippen LogP contribution in [0.15, 0.2) is 65.8 Å². The molecule has 0 amide bonds. The van der Waals surface area contributed by atoms with E-state index in [0.29, 0.717) is 6.54 Å². The van der Waals surface area contributed by atoms with Gasteiger partial charge in [-0.05, 0) is 23.3 Å². The third-order valence-electron chi connectivity index (χ3n) is 2.57. The SMILES string of the molecule is Clc1ccccc1CN/N=C\C=C\c1ccccc1. The Kier molecular flexibility index (Phi) is 5.20. The van der Waals surface area contributed by atoms with Crippen LogP contribution in [-0.4, -0.2) is 6.21 Å². The van der Waals surface area contributed by atoms with Crippen molar-refractivity contribution in [2.45, 2.75) is 6.54 Å². The molecule has 2 rings (SSSR count). The minimum absolute atomic E-state index is 0.620. The molecule has 2 aromatic rings. The van der Waals surface area contributed by atoms with Crippen molar-refractivity contribution < 1.29 is 0 Å². The third kappa shape index (κ3) is 4.60. The average Bonchev–Trinajstić information content (AvgIpc) is 2.45. The van der Waals surface area contributed by atoms with Gasteiger partial charge in [0, 0.05) is 11.2 Å². The maximum Gasteiger partial charge on any atom is 0.0594 e. The minimum atomic E-state index is 0.620. The molecule has 0 heterocycles. The van der Waals surface area contributed by atoms with E-state index >= 15 is 0 Å². The molecule has 0 saturated heterocycles. The summed E-state index contributed by atoms with van der Waals surface area (Å²) in [5, 5.41) is 4.86. The molecule has 0 unspecified atom stereocenters. The molecule has 0 aliphatic carbocycles. The van der Waals surface area contributed by atoms with Crippen molar-refractivity contribution >= 4 is 23.9 Å². The number of nitrogens with one attached hydrogen (secondary N) is 1. The van der Waals surface area contributed by atoms with Gasteiger partial charge in [-0.25, -0.2) is 0 Å². The fourth-order valence-electron chi connectivity index (χ4n) is 1.59. The lowest BCUT2D eigenvalue weighted by atomic mass is 10.2. The smallest absolute Gasteiger partial charge is 0.0594 e. The molecular formula is C16H15ClN2. The van der Waals surface area contributed by atoms with Crippen molar-refractivity contribution in [2.75, 3.05) is 0 Å². The summed E-state index contributed by atoms with van der Waals surface area (Å²) in [5.74, 6) is 0. The fourth-order valence-corrected chi connectivity index (χ4v) is 1.79. The van der Waals surface area contributed by atoms with E-state index < -0.39 is 0 Å². The largest absolute Gasteiger partial charge is 0.306 e. The summed E-state index contributed by atoms with van der Waals surface area (Å²) in [7, 11) is 0. The second-order valence-corrected chi connectivity index (χ2v) is 4.38. The molecule has 2 nitrogen and oxygen atoms in total. The lowest BCUT2D eigenvalue weighted by Gasteiger charge is -2.02. The van der Waals surface area contributed by atoms with Gasteiger partial charge in [0.1, 0.15) is 0 Å². The van der Waals surface area contributed by atoms with Crippen LogP contribution in [0.3, 0.4) is 0 Å². The predicted octanol–water partition coefficient (Wildman–Crippen LogP) is 4.13. The maximum absolute atomic E-state index is 6.04. The molecule has 96 valence electrons. The molecule has 0 bridgehead atoms. The van der Waals surface area contributed by atoms with Crippen LogP contribution >= 0.6 is 11.6 Å². The van der Waals surface area contributed by atoms with Crippen molar-refractivity contribution in [1.29, 1.82) is 0 Å². The van der Waals surface area contributed by atoms with E-state index in [1.54, 1.807) is 6.21 Å². The standard InChI is InChI=1S/C16H15ClN2/c17-16-11-5-4-10-15(16)13-19-18-12-6-9-14-7-2-1-3-8-14/h1-12,19H,13H2/b9-6+,18-12-. The van der Waals surface area contributed by atoms with Crippen LogP contribution in [0.2, 0.25) is 5.02 Å². The van der Waals surface area contributed by atoms with Crippen molar-refractivity contribution in [2.24, 2.45) is 5.10 Å². The second-order valence-electron chi connectivity index (χ2n) is 3.97. The van der Waals surface area contributed by atoms with E-state index in [9.17, 15) is 0 Å². The first kappa shape index (κ1) is 13.4. The van der Waals surface area contributed by atoms with Crippen molar-refractivity contribution in [3.63, 3.8) is 0 Å². The normalized spacial score (nSPS) is 11.2. The van der Waals surface area contributed by atoms with Crippen LogP contribution in [0.5, 0.6) is 0 Å². The number of benzene rings is 2. The molecule has 0 atom stereocenters. The van der Waals surface area contributed by atoms with Gasteiger partial charge in [0.05, 0.1) is 6.54 Å². The lowest BCUT2D eigenvalue weighted by Crippen LogP contribution is -2.05. The lowest BCUT2D eigenvalue weighted by molar-refractivity contribution is 0.749. The average molecular weight is 271 g/mol. The summed E-state index contributed by atoms with van der Waals surface area (Å²) >= 11 is 6.04. The predicted molar refractivity (Wildman–Crippen MR) is 82.3 cm³/mol. The first-order valence-corrected chi connectivity index (χ1v) is 6.45. The highest BCUT2D eigenvalue weighted by Crippen LogP contribution is 2.13. The first-order chi connectivity index (χ1) is 9.36. The second kappa shape index (κ2) is 7.39. The van der Waals surface area contributed by atoms with Crippen LogP contribution < -0.4 is 5.43 Å². The fraction of sp³-hybridized carbons (Fsp3) is 0.0625. The van der Waals surface area contributed by atoms with Gasteiger partial charge >= 0.3 is 0 Å². The zero-order valence-corrected chi connectivity index (χ0v) is 11.2. The molecule has 0 aliphatic rings. The Balaban J connectivity index is 1.79. The van der Waals surface area contributed by atoms with Crippen LogP contribution in [0, 0.1) is 0 Å². The molecular weight excluding hydrogens is 256 g/mol. The minimum Gasteiger partial charge on any atom is -0.306 e. The van der Waals surface area contributed by atoms with Gasteiger partial charge < -0.3 is 5.43 Å². The van der Waals surface area contributed by atoms with Gasteiger partial charge in [0.25, 0.3) is 0 Å². The highest BCUT2D eigenvalue weighted by atomic mass is 35.5. The number of nitrogens with zero attached hydrogens (tertiary/aromatic N) is 1. The first-order valence-electron chi connectivity index (χ1n) is 6.07. The van der Waals surface area contributed by atoms with Gasteiger partial charge in [-0.2, -0.15) is 5.10 Å². The van der Waals surface area contributed by atoms with E-state index in [1.807, 2.05) is 66.7 Å². The highest BCUT2D eigenvalue weighted by Gasteiger charge is 1.95. The summed E-state index contributed by atoms with van der Waals surface area (Å²) in [5.41, 5.74) is 5.15. The molecule has 19 heavy (non-hydrogen) atoms. The molecule has 0 aliphatic heterocycles. The number of halogens is 1. The Morgan fingerprint density at radius 3 is 2.53 bits per heavy atom. The van der Waals surface area contributed by atoms with E-state index in [2.05, 4.69) is 10.5 Å². The van der Waals surface area contributed by atoms with Gasteiger partial charge in [0.2, 0.25) is 0 Å². The topological polar surface area (TPSA) is 24.4 Å². The molecule has 3 heteroatoms. The van der Waals surface area contributed by atoms with Crippen LogP contribution in [-0.2, 0) is 6.54 Å². The Labute approximate surface area is 118 Å². The summed E-state index contributed by atoms with van der Waals surface area (Å²) < 4.78 is 0. The zero-order valence-electron chi connectivity index (χ0n) is 10.5. The summed E-state index contributed by atoms with van der Waals surface area (Å²) in [4.78, 5) is 0. The van der Waals surface area contributed by atoms with Crippen molar-refractivity contribution in [3.05, 3.63) is 76.8 Å². The molecule has 0 saturated carbocycles. The van der Waals surface area contributed by atoms with Crippen molar-refractivity contribution in [1.82, 2.24) is 5.43 Å².